The van der Waals surface area contributed by atoms with Gasteiger partial charge in [-0.05, 0) is 43.5 Å². The molecule has 1 fully saturated rings. The number of benzene rings is 1. The van der Waals surface area contributed by atoms with Crippen LogP contribution in [0.15, 0.2) is 24.3 Å². The molecule has 1 unspecified atom stereocenters. The molecule has 0 bridgehead atoms. The summed E-state index contributed by atoms with van der Waals surface area (Å²) in [6.07, 6.45) is 6.04. The van der Waals surface area contributed by atoms with Gasteiger partial charge in [-0.25, -0.2) is 0 Å². The van der Waals surface area contributed by atoms with Crippen LogP contribution < -0.4 is 10.5 Å². The number of unbranched alkanes of at least 4 members (excludes halogenated alkanes) is 3. The average Bonchev–Trinajstić information content (AvgIpc) is 3.04. The van der Waals surface area contributed by atoms with Crippen LogP contribution in [0.25, 0.3) is 0 Å². The van der Waals surface area contributed by atoms with E-state index in [-0.39, 0.29) is 0 Å². The zero-order valence-electron chi connectivity index (χ0n) is 13.6. The third-order valence-corrected chi connectivity index (χ3v) is 4.47. The van der Waals surface area contributed by atoms with E-state index in [2.05, 4.69) is 12.1 Å². The van der Waals surface area contributed by atoms with Crippen LogP contribution in [-0.4, -0.2) is 37.6 Å². The number of amides is 1. The lowest BCUT2D eigenvalue weighted by Crippen LogP contribution is -2.28. The van der Waals surface area contributed by atoms with Crippen molar-refractivity contribution in [2.45, 2.75) is 44.4 Å². The van der Waals surface area contributed by atoms with Gasteiger partial charge in [-0.15, -0.1) is 0 Å². The predicted molar refractivity (Wildman–Crippen MR) is 89.1 cm³/mol. The van der Waals surface area contributed by atoms with Crippen LogP contribution in [0.2, 0.25) is 0 Å². The number of nitrogens with two attached hydrogens (primary N) is 1. The number of hydrogen-bond acceptors (Lipinski definition) is 3. The molecular formula is C18H28N2O2. The van der Waals surface area contributed by atoms with E-state index in [1.807, 2.05) is 17.0 Å². The number of rotatable bonds is 8. The second kappa shape index (κ2) is 8.79. The van der Waals surface area contributed by atoms with E-state index in [9.17, 15) is 4.79 Å². The summed E-state index contributed by atoms with van der Waals surface area (Å²) in [6.45, 7) is 2.50. The summed E-state index contributed by atoms with van der Waals surface area (Å²) in [4.78, 5) is 14.3. The first-order chi connectivity index (χ1) is 10.7. The molecule has 1 amide bonds. The monoisotopic (exact) mass is 304 g/mol. The quantitative estimate of drug-likeness (QED) is 0.751. The van der Waals surface area contributed by atoms with Crippen molar-refractivity contribution in [3.63, 3.8) is 0 Å². The van der Waals surface area contributed by atoms with Gasteiger partial charge in [-0.2, -0.15) is 0 Å². The molecule has 0 aromatic heterocycles. The van der Waals surface area contributed by atoms with E-state index < -0.39 is 0 Å². The van der Waals surface area contributed by atoms with Gasteiger partial charge in [0.05, 0.1) is 7.11 Å². The van der Waals surface area contributed by atoms with Crippen molar-refractivity contribution in [3.05, 3.63) is 29.8 Å². The molecule has 1 aliphatic rings. The Hall–Kier alpha value is -1.55. The largest absolute Gasteiger partial charge is 0.497 e. The molecule has 0 radical (unpaired) electrons. The normalized spacial score (nSPS) is 17.7. The summed E-state index contributed by atoms with van der Waals surface area (Å²) >= 11 is 0. The van der Waals surface area contributed by atoms with Crippen molar-refractivity contribution in [1.82, 2.24) is 4.90 Å². The van der Waals surface area contributed by atoms with Gasteiger partial charge in [-0.3, -0.25) is 4.79 Å². The Morgan fingerprint density at radius 2 is 1.95 bits per heavy atom. The number of likely N-dealkylation sites (tertiary alicyclic amines) is 1. The second-order valence-electron chi connectivity index (χ2n) is 6.05. The highest BCUT2D eigenvalue weighted by atomic mass is 16.5. The van der Waals surface area contributed by atoms with Gasteiger partial charge >= 0.3 is 0 Å². The molecule has 0 aliphatic carbocycles. The molecule has 1 aromatic carbocycles. The fourth-order valence-corrected chi connectivity index (χ4v) is 3.07. The molecule has 122 valence electrons. The molecule has 2 N–H and O–H groups in total. The van der Waals surface area contributed by atoms with Crippen LogP contribution in [0.1, 0.15) is 50.0 Å². The molecule has 1 atom stereocenters. The highest BCUT2D eigenvalue weighted by Crippen LogP contribution is 2.29. The lowest BCUT2D eigenvalue weighted by molar-refractivity contribution is -0.130. The maximum Gasteiger partial charge on any atom is 0.222 e. The lowest BCUT2D eigenvalue weighted by atomic mass is 9.98. The van der Waals surface area contributed by atoms with Gasteiger partial charge in [0.25, 0.3) is 0 Å². The van der Waals surface area contributed by atoms with E-state index in [0.717, 1.165) is 57.5 Å². The number of methoxy groups -OCH3 is 1. The van der Waals surface area contributed by atoms with Crippen LogP contribution in [-0.2, 0) is 4.79 Å². The van der Waals surface area contributed by atoms with Crippen molar-refractivity contribution < 1.29 is 9.53 Å². The van der Waals surface area contributed by atoms with Gasteiger partial charge in [0.2, 0.25) is 5.91 Å². The smallest absolute Gasteiger partial charge is 0.222 e. The summed E-state index contributed by atoms with van der Waals surface area (Å²) < 4.78 is 5.19. The highest BCUT2D eigenvalue weighted by molar-refractivity contribution is 5.76. The lowest BCUT2D eigenvalue weighted by Gasteiger charge is -2.17. The summed E-state index contributed by atoms with van der Waals surface area (Å²) in [5, 5.41) is 0. The van der Waals surface area contributed by atoms with E-state index >= 15 is 0 Å². The van der Waals surface area contributed by atoms with E-state index in [0.29, 0.717) is 18.2 Å². The zero-order valence-corrected chi connectivity index (χ0v) is 13.6. The molecule has 4 nitrogen and oxygen atoms in total. The highest BCUT2D eigenvalue weighted by Gasteiger charge is 2.26. The first-order valence-corrected chi connectivity index (χ1v) is 8.36. The summed E-state index contributed by atoms with van der Waals surface area (Å²) in [5.41, 5.74) is 6.78. The van der Waals surface area contributed by atoms with Crippen LogP contribution >= 0.6 is 0 Å². The molecule has 0 spiro atoms. The van der Waals surface area contributed by atoms with Crippen molar-refractivity contribution in [3.8, 4) is 5.75 Å². The third-order valence-electron chi connectivity index (χ3n) is 4.47. The predicted octanol–water partition coefficient (Wildman–Crippen LogP) is 2.92. The SMILES string of the molecule is COc1ccc(C2CCN(C(=O)CCCCCCN)C2)cc1. The van der Waals surface area contributed by atoms with Gasteiger partial charge in [0, 0.05) is 25.4 Å². The molecule has 4 heteroatoms. The number of ether oxygens (including phenoxy) is 1. The fraction of sp³-hybridized carbons (Fsp3) is 0.611. The molecule has 1 saturated heterocycles. The molecule has 1 heterocycles. The van der Waals surface area contributed by atoms with Crippen molar-refractivity contribution >= 4 is 5.91 Å². The van der Waals surface area contributed by atoms with E-state index in [1.165, 1.54) is 5.56 Å². The minimum absolute atomic E-state index is 0.309. The molecule has 22 heavy (non-hydrogen) atoms. The standard InChI is InChI=1S/C18H28N2O2/c1-22-17-9-7-15(8-10-17)16-11-13-20(14-16)18(21)6-4-2-3-5-12-19/h7-10,16H,2-6,11-14,19H2,1H3. The van der Waals surface area contributed by atoms with Crippen molar-refractivity contribution in [1.29, 1.82) is 0 Å². The molecule has 2 rings (SSSR count). The zero-order chi connectivity index (χ0) is 15.8. The number of hydrogen-bond donors (Lipinski definition) is 1. The van der Waals surface area contributed by atoms with Gasteiger partial charge in [-0.1, -0.05) is 25.0 Å². The maximum atomic E-state index is 12.2. The van der Waals surface area contributed by atoms with E-state index in [4.69, 9.17) is 10.5 Å². The number of carbonyl (C=O) groups is 1. The Balaban J connectivity index is 1.75. The molecule has 1 aliphatic heterocycles. The first-order valence-electron chi connectivity index (χ1n) is 8.36. The first kappa shape index (κ1) is 16.8. The number of nitrogens with zero attached hydrogens (tertiary/aromatic N) is 1. The van der Waals surface area contributed by atoms with Gasteiger partial charge in [0.15, 0.2) is 0 Å². The van der Waals surface area contributed by atoms with Crippen LogP contribution in [0.5, 0.6) is 5.75 Å². The Morgan fingerprint density at radius 1 is 1.23 bits per heavy atom. The molecular weight excluding hydrogens is 276 g/mol. The third kappa shape index (κ3) is 4.73. The minimum Gasteiger partial charge on any atom is -0.497 e. The van der Waals surface area contributed by atoms with Crippen LogP contribution in [0, 0.1) is 0 Å². The maximum absolute atomic E-state index is 12.2. The summed E-state index contributed by atoms with van der Waals surface area (Å²) in [7, 11) is 1.68. The average molecular weight is 304 g/mol. The Bertz CT molecular complexity index is 459. The summed E-state index contributed by atoms with van der Waals surface area (Å²) in [5.74, 6) is 1.66. The van der Waals surface area contributed by atoms with Gasteiger partial charge in [0.1, 0.15) is 5.75 Å². The Morgan fingerprint density at radius 3 is 2.64 bits per heavy atom. The van der Waals surface area contributed by atoms with Crippen LogP contribution in [0.4, 0.5) is 0 Å². The molecule has 0 saturated carbocycles. The van der Waals surface area contributed by atoms with E-state index in [1.54, 1.807) is 7.11 Å². The second-order valence-corrected chi connectivity index (χ2v) is 6.05. The Labute approximate surface area is 133 Å². The Kier molecular flexibility index (Phi) is 6.72. The van der Waals surface area contributed by atoms with Crippen molar-refractivity contribution in [2.24, 2.45) is 5.73 Å². The number of carbonyl (C=O) groups excluding carboxylic acids is 1. The topological polar surface area (TPSA) is 55.6 Å². The summed E-state index contributed by atoms with van der Waals surface area (Å²) in [6, 6.07) is 8.23. The van der Waals surface area contributed by atoms with Crippen LogP contribution in [0.3, 0.4) is 0 Å². The van der Waals surface area contributed by atoms with Gasteiger partial charge < -0.3 is 15.4 Å². The fourth-order valence-electron chi connectivity index (χ4n) is 3.07. The molecule has 1 aromatic rings. The van der Waals surface area contributed by atoms with Crippen molar-refractivity contribution in [2.75, 3.05) is 26.7 Å². The minimum atomic E-state index is 0.309.